The molecule has 0 saturated carbocycles. The van der Waals surface area contributed by atoms with E-state index in [1.807, 2.05) is 11.3 Å². The zero-order valence-electron chi connectivity index (χ0n) is 40.3. The Morgan fingerprint density at radius 1 is 0.391 bits per heavy atom. The molecule has 2 aromatic carbocycles. The van der Waals surface area contributed by atoms with Crippen molar-refractivity contribution in [2.45, 2.75) is 103 Å². The second-order valence-corrected chi connectivity index (χ2v) is 27.8. The summed E-state index contributed by atoms with van der Waals surface area (Å²) in [6.45, 7) is 22.8. The summed E-state index contributed by atoms with van der Waals surface area (Å²) in [5, 5.41) is 2.04. The van der Waals surface area contributed by atoms with Crippen LogP contribution in [0.15, 0.2) is 103 Å². The van der Waals surface area contributed by atoms with Crippen LogP contribution in [0.2, 0.25) is 0 Å². The summed E-state index contributed by atoms with van der Waals surface area (Å²) < 4.78 is 12.7. The van der Waals surface area contributed by atoms with Crippen LogP contribution in [0, 0.1) is 0 Å². The van der Waals surface area contributed by atoms with E-state index in [0.29, 0.717) is 11.1 Å². The highest BCUT2D eigenvalue weighted by Gasteiger charge is 2.44. The topological polar surface area (TPSA) is 66.9 Å². The van der Waals surface area contributed by atoms with Crippen molar-refractivity contribution in [3.05, 3.63) is 128 Å². The zero-order valence-corrected chi connectivity index (χ0v) is 44.4. The Hall–Kier alpha value is -5.04. The lowest BCUT2D eigenvalue weighted by Crippen LogP contribution is -2.44. The van der Waals surface area contributed by atoms with Crippen LogP contribution in [0.3, 0.4) is 0 Å². The predicted molar refractivity (Wildman–Crippen MR) is 296 cm³/mol. The normalized spacial score (nSPS) is 18.5. The summed E-state index contributed by atoms with van der Waals surface area (Å²) in [7, 11) is 0. The lowest BCUT2D eigenvalue weighted by molar-refractivity contribution is 0.398. The van der Waals surface area contributed by atoms with Gasteiger partial charge in [0, 0.05) is 108 Å². The largest absolute Gasteiger partial charge is 0.422 e. The quantitative estimate of drug-likeness (QED) is 0.155. The molecule has 6 nitrogen and oxygen atoms in total. The smallest absolute Gasteiger partial charge is 0.345 e. The van der Waals surface area contributed by atoms with Crippen LogP contribution in [0.5, 0.6) is 0 Å². The van der Waals surface area contributed by atoms with Gasteiger partial charge in [0.25, 0.3) is 0 Å². The monoisotopic (exact) mass is 1000 g/mol. The van der Waals surface area contributed by atoms with E-state index in [4.69, 9.17) is 8.83 Å². The molecule has 4 aliphatic heterocycles. The highest BCUT2D eigenvalue weighted by Crippen LogP contribution is 2.54. The predicted octanol–water partition coefficient (Wildman–Crippen LogP) is 16.5. The fourth-order valence-corrected chi connectivity index (χ4v) is 17.1. The van der Waals surface area contributed by atoms with Crippen molar-refractivity contribution in [1.82, 2.24) is 0 Å². The second kappa shape index (κ2) is 15.2. The van der Waals surface area contributed by atoms with Gasteiger partial charge in [0.1, 0.15) is 11.2 Å². The van der Waals surface area contributed by atoms with E-state index >= 15 is 0 Å². The van der Waals surface area contributed by atoms with E-state index < -0.39 is 0 Å². The second-order valence-electron chi connectivity index (χ2n) is 22.4. The van der Waals surface area contributed by atoms with Crippen LogP contribution in [0.25, 0.3) is 81.8 Å². The van der Waals surface area contributed by atoms with Crippen molar-refractivity contribution in [3.63, 3.8) is 0 Å². The van der Waals surface area contributed by atoms with Gasteiger partial charge in [-0.25, -0.2) is 9.59 Å². The average Bonchev–Trinajstić information content (AvgIpc) is 4.16. The zero-order chi connectivity index (χ0) is 47.5. The van der Waals surface area contributed by atoms with Gasteiger partial charge in [-0.2, -0.15) is 0 Å². The third kappa shape index (κ3) is 6.91. The Labute approximate surface area is 422 Å². The molecule has 0 bridgehead atoms. The van der Waals surface area contributed by atoms with E-state index in [1.165, 1.54) is 62.9 Å². The van der Waals surface area contributed by atoms with Gasteiger partial charge in [-0.1, -0.05) is 55.4 Å². The summed E-state index contributed by atoms with van der Waals surface area (Å²) in [6, 6.07) is 30.6. The molecule has 4 aliphatic rings. The summed E-state index contributed by atoms with van der Waals surface area (Å²) in [4.78, 5) is 44.2. The van der Waals surface area contributed by atoms with E-state index in [-0.39, 0.29) is 32.9 Å². The molecule has 7 aromatic heterocycles. The molecular formula is C58H54N2O4S5. The van der Waals surface area contributed by atoms with E-state index in [2.05, 4.69) is 150 Å². The number of hydrogen-bond donors (Lipinski definition) is 0. The number of thiophene rings is 5. The van der Waals surface area contributed by atoms with Crippen LogP contribution in [0.1, 0.15) is 103 Å². The van der Waals surface area contributed by atoms with Gasteiger partial charge in [-0.3, -0.25) is 0 Å². The van der Waals surface area contributed by atoms with Gasteiger partial charge < -0.3 is 18.6 Å². The maximum Gasteiger partial charge on any atom is 0.345 e. The lowest BCUT2D eigenvalue weighted by Gasteiger charge is -2.48. The Morgan fingerprint density at radius 2 is 0.667 bits per heavy atom. The van der Waals surface area contributed by atoms with Gasteiger partial charge in [0.05, 0.1) is 11.1 Å². The van der Waals surface area contributed by atoms with E-state index in [1.54, 1.807) is 45.3 Å². The number of hydrogen-bond acceptors (Lipinski definition) is 11. The van der Waals surface area contributed by atoms with Crippen LogP contribution in [0.4, 0.5) is 11.4 Å². The molecule has 11 heteroatoms. The maximum absolute atomic E-state index is 13.9. The molecule has 0 radical (unpaired) electrons. The first-order chi connectivity index (χ1) is 32.9. The standard InChI is InChI=1S/C58H54N2O4S5/c1-55(2)19-23-59-25-21-57(5,6)47-49(59)35(55)29-31-27-33(53(61)63-51(31)47)37-9-11-39(65-37)41-13-15-43(67-41)45-17-18-46(69-45)44-16-14-42(68-44)40-12-10-38(66-40)34-28-32-30-36-50-48(52(32)64-54(34)62)58(7,8)22-26-60(50)24-20-56(36,3)4/h9-18,27-30H,19-26H2,1-8H3. The van der Waals surface area contributed by atoms with Crippen molar-refractivity contribution in [2.24, 2.45) is 0 Å². The molecular weight excluding hydrogens is 949 g/mol. The number of fused-ring (bicyclic) bond motifs is 4. The minimum absolute atomic E-state index is 0.0484. The van der Waals surface area contributed by atoms with Crippen molar-refractivity contribution in [3.8, 4) is 59.9 Å². The minimum Gasteiger partial charge on any atom is -0.422 e. The van der Waals surface area contributed by atoms with E-state index in [0.717, 1.165) is 93.3 Å². The maximum atomic E-state index is 13.9. The molecule has 11 heterocycles. The average molecular weight is 1000 g/mol. The van der Waals surface area contributed by atoms with Gasteiger partial charge in [0.15, 0.2) is 0 Å². The third-order valence-electron chi connectivity index (χ3n) is 16.0. The summed E-state index contributed by atoms with van der Waals surface area (Å²) >= 11 is 8.71. The molecule has 13 rings (SSSR count). The fraction of sp³-hybridized carbons (Fsp3) is 0.345. The first-order valence-electron chi connectivity index (χ1n) is 24.3. The van der Waals surface area contributed by atoms with Gasteiger partial charge >= 0.3 is 11.3 Å². The Bertz CT molecular complexity index is 3480. The lowest BCUT2D eigenvalue weighted by atomic mass is 9.69. The van der Waals surface area contributed by atoms with Crippen LogP contribution >= 0.6 is 56.7 Å². The fourth-order valence-electron chi connectivity index (χ4n) is 11.7. The molecule has 9 aromatic rings. The van der Waals surface area contributed by atoms with Crippen molar-refractivity contribution >= 4 is 90.0 Å². The molecule has 0 fully saturated rings. The van der Waals surface area contributed by atoms with Crippen LogP contribution < -0.4 is 21.1 Å². The van der Waals surface area contributed by atoms with E-state index in [9.17, 15) is 9.59 Å². The molecule has 0 atom stereocenters. The van der Waals surface area contributed by atoms with Gasteiger partial charge in [-0.15, -0.1) is 56.7 Å². The molecule has 0 saturated heterocycles. The Morgan fingerprint density at radius 3 is 0.986 bits per heavy atom. The van der Waals surface area contributed by atoms with Crippen LogP contribution in [-0.2, 0) is 21.7 Å². The molecule has 0 N–H and O–H groups in total. The van der Waals surface area contributed by atoms with Crippen molar-refractivity contribution in [1.29, 1.82) is 0 Å². The molecule has 0 spiro atoms. The molecule has 0 amide bonds. The highest BCUT2D eigenvalue weighted by molar-refractivity contribution is 7.30. The van der Waals surface area contributed by atoms with Crippen LogP contribution in [-0.4, -0.2) is 26.2 Å². The van der Waals surface area contributed by atoms with Crippen molar-refractivity contribution < 1.29 is 8.83 Å². The first kappa shape index (κ1) is 43.9. The summed E-state index contributed by atoms with van der Waals surface area (Å²) in [6.07, 6.45) is 4.30. The third-order valence-corrected chi connectivity index (χ3v) is 22.3. The molecule has 69 heavy (non-hydrogen) atoms. The molecule has 350 valence electrons. The number of anilines is 2. The Kier molecular flexibility index (Phi) is 9.70. The molecule has 0 unspecified atom stereocenters. The summed E-state index contributed by atoms with van der Waals surface area (Å²) in [5.41, 5.74) is 9.89. The first-order valence-corrected chi connectivity index (χ1v) is 28.3. The van der Waals surface area contributed by atoms with Gasteiger partial charge in [-0.05, 0) is 143 Å². The van der Waals surface area contributed by atoms with Gasteiger partial charge in [0.2, 0.25) is 0 Å². The minimum atomic E-state index is -0.270. The summed E-state index contributed by atoms with van der Waals surface area (Å²) in [5.74, 6) is 0. The number of nitrogens with zero attached hydrogens (tertiary/aromatic N) is 2. The van der Waals surface area contributed by atoms with Crippen molar-refractivity contribution in [2.75, 3.05) is 36.0 Å². The molecule has 0 aliphatic carbocycles. The highest BCUT2D eigenvalue weighted by atomic mass is 32.1. The number of benzene rings is 2. The SMILES string of the molecule is CC1(C)CCN2CCC(C)(C)c3c2c1cc1cc(-c2ccc(-c4ccc(-c5ccc(-c6ccc(-c7ccc(-c8cc9cc%10c%11c(c9oc8=O)C(C)(C)CCN%11CCC%10(C)C)s7)s6)s5)s4)s2)c(=O)oc31. The Balaban J connectivity index is 0.757. The number of rotatable bonds is 6.